The minimum atomic E-state index is -0.464. The lowest BCUT2D eigenvalue weighted by Gasteiger charge is -2.06. The zero-order chi connectivity index (χ0) is 15.1. The Morgan fingerprint density at radius 1 is 1.38 bits per heavy atom. The molecular formula is C14H19N5O2. The molecule has 1 aromatic heterocycles. The van der Waals surface area contributed by atoms with Crippen molar-refractivity contribution < 1.29 is 9.53 Å². The van der Waals surface area contributed by atoms with Gasteiger partial charge in [-0.1, -0.05) is 30.7 Å². The summed E-state index contributed by atoms with van der Waals surface area (Å²) in [6.07, 6.45) is 3.73. The zero-order valence-electron chi connectivity index (χ0n) is 12.0. The maximum Gasteiger partial charge on any atom is 0.287 e. The Morgan fingerprint density at radius 3 is 2.81 bits per heavy atom. The predicted octanol–water partition coefficient (Wildman–Crippen LogP) is 0.913. The predicted molar refractivity (Wildman–Crippen MR) is 77.6 cm³/mol. The summed E-state index contributed by atoms with van der Waals surface area (Å²) in [5, 5.41) is 7.54. The van der Waals surface area contributed by atoms with Gasteiger partial charge in [-0.25, -0.2) is 10.5 Å². The van der Waals surface area contributed by atoms with E-state index >= 15 is 0 Å². The number of hydrazine groups is 1. The number of carbonyl (C=O) groups excluding carboxylic acids is 1. The number of aryl methyl sites for hydroxylation is 1. The van der Waals surface area contributed by atoms with E-state index in [0.29, 0.717) is 13.2 Å². The number of aromatic nitrogens is 3. The van der Waals surface area contributed by atoms with E-state index in [1.807, 2.05) is 17.6 Å². The van der Waals surface area contributed by atoms with Crippen molar-refractivity contribution in [3.8, 4) is 5.75 Å². The molecular weight excluding hydrogens is 270 g/mol. The number of nitrogens with two attached hydrogens (primary N) is 1. The van der Waals surface area contributed by atoms with Crippen LogP contribution in [0.1, 0.15) is 29.4 Å². The fourth-order valence-corrected chi connectivity index (χ4v) is 1.88. The van der Waals surface area contributed by atoms with Gasteiger partial charge < -0.3 is 4.74 Å². The van der Waals surface area contributed by atoms with Crippen LogP contribution >= 0.6 is 0 Å². The van der Waals surface area contributed by atoms with Crippen LogP contribution < -0.4 is 16.0 Å². The monoisotopic (exact) mass is 289 g/mol. The number of hydrogen-bond acceptors (Lipinski definition) is 5. The number of hydrogen-bond donors (Lipinski definition) is 2. The van der Waals surface area contributed by atoms with Crippen molar-refractivity contribution in [3.05, 3.63) is 41.7 Å². The molecule has 7 nitrogen and oxygen atoms in total. The second kappa shape index (κ2) is 7.39. The van der Waals surface area contributed by atoms with E-state index in [1.54, 1.807) is 0 Å². The average molecular weight is 289 g/mol. The van der Waals surface area contributed by atoms with Crippen LogP contribution in [-0.4, -0.2) is 27.5 Å². The standard InChI is InChI=1S/C14H19N5O2/c1-2-3-11-4-6-12(7-5-11)21-9-8-19-10-13(17-18-19)14(20)16-15/h4-7,10H,2-3,8-9,15H2,1H3,(H,16,20). The third-order valence-corrected chi connectivity index (χ3v) is 2.95. The second-order valence-electron chi connectivity index (χ2n) is 4.58. The minimum absolute atomic E-state index is 0.182. The summed E-state index contributed by atoms with van der Waals surface area (Å²) < 4.78 is 7.16. The van der Waals surface area contributed by atoms with E-state index < -0.39 is 5.91 Å². The van der Waals surface area contributed by atoms with Gasteiger partial charge in [-0.2, -0.15) is 0 Å². The number of carbonyl (C=O) groups is 1. The quantitative estimate of drug-likeness (QED) is 0.449. The summed E-state index contributed by atoms with van der Waals surface area (Å²) in [7, 11) is 0. The lowest BCUT2D eigenvalue weighted by Crippen LogP contribution is -2.30. The lowest BCUT2D eigenvalue weighted by atomic mass is 10.1. The Bertz CT molecular complexity index is 579. The first-order valence-electron chi connectivity index (χ1n) is 6.85. The average Bonchev–Trinajstić information content (AvgIpc) is 2.97. The fourth-order valence-electron chi connectivity index (χ4n) is 1.88. The van der Waals surface area contributed by atoms with Crippen LogP contribution in [0.4, 0.5) is 0 Å². The third-order valence-electron chi connectivity index (χ3n) is 2.95. The number of benzene rings is 1. The van der Waals surface area contributed by atoms with Gasteiger partial charge in [0, 0.05) is 0 Å². The third kappa shape index (κ3) is 4.28. The van der Waals surface area contributed by atoms with Crippen molar-refractivity contribution >= 4 is 5.91 Å². The highest BCUT2D eigenvalue weighted by Gasteiger charge is 2.08. The number of amides is 1. The SMILES string of the molecule is CCCc1ccc(OCCn2cc(C(=O)NN)nn2)cc1. The molecule has 7 heteroatoms. The van der Waals surface area contributed by atoms with Crippen LogP contribution in [0.25, 0.3) is 0 Å². The van der Waals surface area contributed by atoms with Crippen molar-refractivity contribution in [1.29, 1.82) is 0 Å². The van der Waals surface area contributed by atoms with Crippen molar-refractivity contribution in [2.75, 3.05) is 6.61 Å². The van der Waals surface area contributed by atoms with Crippen molar-refractivity contribution in [1.82, 2.24) is 20.4 Å². The summed E-state index contributed by atoms with van der Waals surface area (Å²) in [5.74, 6) is 5.37. The summed E-state index contributed by atoms with van der Waals surface area (Å²) in [6, 6.07) is 8.05. The molecule has 0 saturated heterocycles. The molecule has 112 valence electrons. The van der Waals surface area contributed by atoms with Gasteiger partial charge in [0.15, 0.2) is 5.69 Å². The topological polar surface area (TPSA) is 95.1 Å². The number of ether oxygens (including phenoxy) is 1. The molecule has 2 rings (SSSR count). The maximum atomic E-state index is 11.2. The largest absolute Gasteiger partial charge is 0.492 e. The summed E-state index contributed by atoms with van der Waals surface area (Å²) in [5.41, 5.74) is 3.49. The summed E-state index contributed by atoms with van der Waals surface area (Å²) >= 11 is 0. The number of rotatable bonds is 7. The number of nitrogens with zero attached hydrogens (tertiary/aromatic N) is 3. The van der Waals surface area contributed by atoms with E-state index in [9.17, 15) is 4.79 Å². The van der Waals surface area contributed by atoms with Gasteiger partial charge in [0.1, 0.15) is 12.4 Å². The normalized spacial score (nSPS) is 10.4. The van der Waals surface area contributed by atoms with Crippen molar-refractivity contribution in [2.45, 2.75) is 26.3 Å². The van der Waals surface area contributed by atoms with E-state index in [1.165, 1.54) is 16.4 Å². The second-order valence-corrected chi connectivity index (χ2v) is 4.58. The molecule has 0 aliphatic rings. The minimum Gasteiger partial charge on any atom is -0.492 e. The van der Waals surface area contributed by atoms with Gasteiger partial charge >= 0.3 is 0 Å². The molecule has 0 spiro atoms. The van der Waals surface area contributed by atoms with Crippen molar-refractivity contribution in [2.24, 2.45) is 5.84 Å². The first-order chi connectivity index (χ1) is 10.2. The van der Waals surface area contributed by atoms with Gasteiger partial charge in [-0.3, -0.25) is 10.2 Å². The molecule has 2 aromatic rings. The highest BCUT2D eigenvalue weighted by Crippen LogP contribution is 2.13. The summed E-state index contributed by atoms with van der Waals surface area (Å²) in [4.78, 5) is 11.2. The van der Waals surface area contributed by atoms with E-state index in [4.69, 9.17) is 10.6 Å². The Kier molecular flexibility index (Phi) is 5.28. The first-order valence-corrected chi connectivity index (χ1v) is 6.85. The molecule has 0 unspecified atom stereocenters. The molecule has 0 atom stereocenters. The van der Waals surface area contributed by atoms with Crippen molar-refractivity contribution in [3.63, 3.8) is 0 Å². The maximum absolute atomic E-state index is 11.2. The van der Waals surface area contributed by atoms with Crippen LogP contribution in [0, 0.1) is 0 Å². The molecule has 0 aliphatic carbocycles. The highest BCUT2D eigenvalue weighted by atomic mass is 16.5. The Morgan fingerprint density at radius 2 is 2.14 bits per heavy atom. The molecule has 0 saturated carbocycles. The molecule has 21 heavy (non-hydrogen) atoms. The van der Waals surface area contributed by atoms with Crippen LogP contribution in [0.2, 0.25) is 0 Å². The van der Waals surface area contributed by atoms with Gasteiger partial charge in [0.05, 0.1) is 12.7 Å². The lowest BCUT2D eigenvalue weighted by molar-refractivity contribution is 0.0948. The van der Waals surface area contributed by atoms with E-state index in [-0.39, 0.29) is 5.69 Å². The molecule has 1 heterocycles. The van der Waals surface area contributed by atoms with Gasteiger partial charge in [-0.05, 0) is 24.1 Å². The number of nitrogens with one attached hydrogen (secondary N) is 1. The molecule has 0 bridgehead atoms. The number of nitrogen functional groups attached to an aromatic ring is 1. The smallest absolute Gasteiger partial charge is 0.287 e. The van der Waals surface area contributed by atoms with Gasteiger partial charge in [-0.15, -0.1) is 5.10 Å². The van der Waals surface area contributed by atoms with Gasteiger partial charge in [0.2, 0.25) is 0 Å². The molecule has 0 radical (unpaired) electrons. The summed E-state index contributed by atoms with van der Waals surface area (Å²) in [6.45, 7) is 3.10. The first kappa shape index (κ1) is 15.0. The molecule has 1 amide bonds. The Hall–Kier alpha value is -2.41. The molecule has 0 fully saturated rings. The molecule has 1 aromatic carbocycles. The van der Waals surface area contributed by atoms with Crippen LogP contribution in [0.15, 0.2) is 30.5 Å². The fraction of sp³-hybridized carbons (Fsp3) is 0.357. The van der Waals surface area contributed by atoms with Crippen LogP contribution in [0.5, 0.6) is 5.75 Å². The zero-order valence-corrected chi connectivity index (χ0v) is 12.0. The van der Waals surface area contributed by atoms with Gasteiger partial charge in [0.25, 0.3) is 5.91 Å². The molecule has 3 N–H and O–H groups in total. The van der Waals surface area contributed by atoms with Crippen LogP contribution in [-0.2, 0) is 13.0 Å². The highest BCUT2D eigenvalue weighted by molar-refractivity contribution is 5.91. The Balaban J connectivity index is 1.81. The van der Waals surface area contributed by atoms with Crippen LogP contribution in [0.3, 0.4) is 0 Å². The Labute approximate surface area is 123 Å². The van der Waals surface area contributed by atoms with E-state index in [0.717, 1.165) is 18.6 Å². The van der Waals surface area contributed by atoms with E-state index in [2.05, 4.69) is 29.4 Å². The molecule has 0 aliphatic heterocycles.